The van der Waals surface area contributed by atoms with Gasteiger partial charge in [0.2, 0.25) is 0 Å². The Labute approximate surface area is 167 Å². The van der Waals surface area contributed by atoms with E-state index in [1.54, 1.807) is 63.2 Å². The molecule has 0 spiro atoms. The Bertz CT molecular complexity index is 1090. The van der Waals surface area contributed by atoms with Crippen molar-refractivity contribution in [1.82, 2.24) is 5.32 Å². The van der Waals surface area contributed by atoms with Crippen molar-refractivity contribution in [2.45, 2.75) is 26.9 Å². The van der Waals surface area contributed by atoms with Crippen molar-refractivity contribution >= 4 is 23.9 Å². The van der Waals surface area contributed by atoms with Crippen LogP contribution in [0.25, 0.3) is 17.4 Å². The lowest BCUT2D eigenvalue weighted by molar-refractivity contribution is -0.126. The third kappa shape index (κ3) is 4.17. The number of hydrogen-bond donors (Lipinski definition) is 1. The van der Waals surface area contributed by atoms with Crippen molar-refractivity contribution in [2.24, 2.45) is 0 Å². The van der Waals surface area contributed by atoms with E-state index in [0.717, 1.165) is 5.56 Å². The Balaban J connectivity index is 1.86. The summed E-state index contributed by atoms with van der Waals surface area (Å²) in [5.41, 5.74) is 1.56. The first-order valence-corrected chi connectivity index (χ1v) is 8.90. The van der Waals surface area contributed by atoms with Crippen LogP contribution in [-0.4, -0.2) is 23.9 Å². The molecular formula is C22H18N2O5. The summed E-state index contributed by atoms with van der Waals surface area (Å²) < 4.78 is 10.9. The highest BCUT2D eigenvalue weighted by Crippen LogP contribution is 2.27. The average Bonchev–Trinajstić information content (AvgIpc) is 3.13. The average molecular weight is 390 g/mol. The minimum Gasteiger partial charge on any atom is -0.459 e. The highest BCUT2D eigenvalue weighted by atomic mass is 16.5. The Hall–Kier alpha value is -3.92. The second-order valence-electron chi connectivity index (χ2n) is 6.69. The Kier molecular flexibility index (Phi) is 5.46. The molecule has 0 radical (unpaired) electrons. The lowest BCUT2D eigenvalue weighted by Gasteiger charge is -2.15. The van der Waals surface area contributed by atoms with Gasteiger partial charge in [0.15, 0.2) is 0 Å². The summed E-state index contributed by atoms with van der Waals surface area (Å²) >= 11 is 0. The molecule has 2 amide bonds. The Morgan fingerprint density at radius 3 is 2.45 bits per heavy atom. The largest absolute Gasteiger partial charge is 0.459 e. The van der Waals surface area contributed by atoms with E-state index in [2.05, 4.69) is 5.32 Å². The molecule has 0 saturated heterocycles. The van der Waals surface area contributed by atoms with Gasteiger partial charge < -0.3 is 9.15 Å². The number of nitrogens with one attached hydrogen (secondary N) is 1. The summed E-state index contributed by atoms with van der Waals surface area (Å²) in [5, 5.41) is 11.2. The van der Waals surface area contributed by atoms with Crippen LogP contribution in [0.2, 0.25) is 0 Å². The molecule has 1 aliphatic rings. The molecule has 2 heterocycles. The van der Waals surface area contributed by atoms with Gasteiger partial charge >= 0.3 is 5.97 Å². The molecule has 0 unspecified atom stereocenters. The van der Waals surface area contributed by atoms with Gasteiger partial charge in [0.05, 0.1) is 11.7 Å². The normalized spacial score (nSPS) is 15.5. The summed E-state index contributed by atoms with van der Waals surface area (Å²) in [7, 11) is 0. The second-order valence-corrected chi connectivity index (χ2v) is 6.69. The van der Waals surface area contributed by atoms with E-state index >= 15 is 0 Å². The predicted molar refractivity (Wildman–Crippen MR) is 104 cm³/mol. The third-order valence-electron chi connectivity index (χ3n) is 4.25. The lowest BCUT2D eigenvalue weighted by Crippen LogP contribution is -2.37. The molecule has 1 N–H and O–H groups in total. The van der Waals surface area contributed by atoms with Crippen LogP contribution >= 0.6 is 0 Å². The van der Waals surface area contributed by atoms with E-state index in [4.69, 9.17) is 14.4 Å². The minimum atomic E-state index is -0.705. The van der Waals surface area contributed by atoms with Crippen LogP contribution in [0.15, 0.2) is 57.5 Å². The smallest absolute Gasteiger partial charge is 0.338 e. The minimum absolute atomic E-state index is 0.105. The first-order valence-electron chi connectivity index (χ1n) is 8.90. The first kappa shape index (κ1) is 19.8. The number of furan rings is 1. The number of imide groups is 1. The van der Waals surface area contributed by atoms with Gasteiger partial charge in [-0.2, -0.15) is 5.26 Å². The van der Waals surface area contributed by atoms with Crippen LogP contribution in [0.1, 0.15) is 36.9 Å². The highest BCUT2D eigenvalue weighted by Gasteiger charge is 2.27. The van der Waals surface area contributed by atoms with E-state index in [-0.39, 0.29) is 17.3 Å². The summed E-state index contributed by atoms with van der Waals surface area (Å²) in [6, 6.07) is 12.0. The van der Waals surface area contributed by atoms with Gasteiger partial charge in [0.25, 0.3) is 11.8 Å². The third-order valence-corrected chi connectivity index (χ3v) is 4.25. The molecule has 29 heavy (non-hydrogen) atoms. The monoisotopic (exact) mass is 390 g/mol. The summed E-state index contributed by atoms with van der Waals surface area (Å²) in [4.78, 5) is 35.7. The van der Waals surface area contributed by atoms with E-state index in [9.17, 15) is 14.4 Å². The molecule has 3 rings (SSSR count). The maximum Gasteiger partial charge on any atom is 0.338 e. The number of rotatable bonds is 4. The van der Waals surface area contributed by atoms with Gasteiger partial charge in [-0.1, -0.05) is 12.1 Å². The second kappa shape index (κ2) is 7.98. The summed E-state index contributed by atoms with van der Waals surface area (Å²) in [5.74, 6) is -0.764. The quantitative estimate of drug-likeness (QED) is 0.487. The molecule has 7 heteroatoms. The van der Waals surface area contributed by atoms with E-state index in [0.29, 0.717) is 22.7 Å². The van der Waals surface area contributed by atoms with Crippen molar-refractivity contribution in [3.05, 3.63) is 64.4 Å². The molecule has 0 saturated carbocycles. The van der Waals surface area contributed by atoms with Crippen LogP contribution < -0.4 is 5.32 Å². The van der Waals surface area contributed by atoms with Crippen LogP contribution in [0.4, 0.5) is 0 Å². The molecule has 1 aliphatic heterocycles. The van der Waals surface area contributed by atoms with Crippen LogP contribution in [0, 0.1) is 11.3 Å². The zero-order chi connectivity index (χ0) is 21.1. The number of hydrogen-bond acceptors (Lipinski definition) is 6. The number of nitriles is 1. The van der Waals surface area contributed by atoms with Gasteiger partial charge in [-0.15, -0.1) is 0 Å². The predicted octanol–water partition coefficient (Wildman–Crippen LogP) is 3.39. The van der Waals surface area contributed by atoms with Gasteiger partial charge in [-0.05, 0) is 56.7 Å². The number of benzene rings is 1. The molecule has 0 aliphatic carbocycles. The number of carbonyl (C=O) groups is 3. The zero-order valence-electron chi connectivity index (χ0n) is 16.1. The Morgan fingerprint density at radius 1 is 1.14 bits per heavy atom. The first-order chi connectivity index (χ1) is 13.8. The number of nitrogens with zero attached hydrogens (tertiary/aromatic N) is 1. The van der Waals surface area contributed by atoms with Gasteiger partial charge in [-0.3, -0.25) is 14.9 Å². The Morgan fingerprint density at radius 2 is 1.83 bits per heavy atom. The van der Waals surface area contributed by atoms with E-state index in [1.807, 2.05) is 0 Å². The maximum atomic E-state index is 12.1. The molecule has 146 valence electrons. The molecule has 0 fully saturated rings. The molecule has 0 bridgehead atoms. The van der Waals surface area contributed by atoms with Crippen LogP contribution in [-0.2, 0) is 14.3 Å². The number of ether oxygens (including phenoxy) is 1. The lowest BCUT2D eigenvalue weighted by atomic mass is 9.96. The topological polar surface area (TPSA) is 109 Å². The SMILES string of the molecule is CC1=C(C#N)C(=O)NC(=O)C1=Cc1ccc(-c2ccc(C(=O)OC(C)C)cc2)o1. The maximum absolute atomic E-state index is 12.1. The molecular weight excluding hydrogens is 372 g/mol. The van der Waals surface area contributed by atoms with Crippen molar-refractivity contribution in [2.75, 3.05) is 0 Å². The fourth-order valence-corrected chi connectivity index (χ4v) is 2.80. The van der Waals surface area contributed by atoms with Crippen LogP contribution in [0.5, 0.6) is 0 Å². The number of amides is 2. The molecule has 2 aromatic rings. The van der Waals surface area contributed by atoms with Crippen molar-refractivity contribution in [3.63, 3.8) is 0 Å². The summed E-state index contributed by atoms with van der Waals surface area (Å²) in [6.45, 7) is 5.11. The van der Waals surface area contributed by atoms with E-state index < -0.39 is 17.8 Å². The molecule has 7 nitrogen and oxygen atoms in total. The standard InChI is InChI=1S/C22H18N2O5/c1-12(2)28-22(27)15-6-4-14(5-7-15)19-9-8-16(29-19)10-17-13(3)18(11-23)21(26)24-20(17)25/h4-10,12H,1-3H3,(H,24,25,26). The van der Waals surface area contributed by atoms with Gasteiger partial charge in [-0.25, -0.2) is 4.79 Å². The fraction of sp³-hybridized carbons (Fsp3) is 0.182. The molecule has 1 aromatic heterocycles. The van der Waals surface area contributed by atoms with Crippen molar-refractivity contribution < 1.29 is 23.5 Å². The number of carbonyl (C=O) groups excluding carboxylic acids is 3. The number of esters is 1. The van der Waals surface area contributed by atoms with Crippen LogP contribution in [0.3, 0.4) is 0 Å². The zero-order valence-corrected chi connectivity index (χ0v) is 16.1. The molecule has 0 atom stereocenters. The highest BCUT2D eigenvalue weighted by molar-refractivity contribution is 6.19. The summed E-state index contributed by atoms with van der Waals surface area (Å²) in [6.07, 6.45) is 1.28. The van der Waals surface area contributed by atoms with Crippen molar-refractivity contribution in [3.8, 4) is 17.4 Å². The molecule has 1 aromatic carbocycles. The van der Waals surface area contributed by atoms with Gasteiger partial charge in [0.1, 0.15) is 23.2 Å². The van der Waals surface area contributed by atoms with E-state index in [1.165, 1.54) is 6.08 Å². The van der Waals surface area contributed by atoms with Crippen molar-refractivity contribution in [1.29, 1.82) is 5.26 Å². The van der Waals surface area contributed by atoms with Gasteiger partial charge in [0, 0.05) is 11.1 Å². The fourth-order valence-electron chi connectivity index (χ4n) is 2.80.